The predicted molar refractivity (Wildman–Crippen MR) is 149 cm³/mol. The Morgan fingerprint density at radius 3 is 2.32 bits per heavy atom. The minimum absolute atomic E-state index is 0. The van der Waals surface area contributed by atoms with Crippen molar-refractivity contribution < 1.29 is 22.8 Å². The Morgan fingerprint density at radius 1 is 1.18 bits per heavy atom. The SMILES string of the molecule is C.C.Cc1nc(NC2CC(N(C)C(=O)Cc3cc(F)c(F)c(F)c3)C2)nc2c1NC(=O)[C@H](C(C)C)N2C.S. The number of nitrogens with one attached hydrogen (secondary N) is 2. The lowest BCUT2D eigenvalue weighted by Crippen LogP contribution is -2.51. The van der Waals surface area contributed by atoms with Crippen LogP contribution in [0.3, 0.4) is 0 Å². The largest absolute Gasteiger partial charge is 0.351 e. The van der Waals surface area contributed by atoms with Gasteiger partial charge in [0.25, 0.3) is 0 Å². The van der Waals surface area contributed by atoms with Gasteiger partial charge in [-0.2, -0.15) is 18.5 Å². The van der Waals surface area contributed by atoms with Crippen LogP contribution in [0.15, 0.2) is 12.1 Å². The first-order chi connectivity index (χ1) is 16.5. The quantitative estimate of drug-likeness (QED) is 0.504. The van der Waals surface area contributed by atoms with Gasteiger partial charge in [-0.05, 0) is 43.4 Å². The summed E-state index contributed by atoms with van der Waals surface area (Å²) in [6, 6.07) is 1.34. The Kier molecular flexibility index (Phi) is 11.0. The van der Waals surface area contributed by atoms with Crippen molar-refractivity contribution in [3.8, 4) is 0 Å². The van der Waals surface area contributed by atoms with Crippen molar-refractivity contribution in [3.63, 3.8) is 0 Å². The van der Waals surface area contributed by atoms with Gasteiger partial charge in [0.05, 0.1) is 12.1 Å². The number of halogens is 3. The molecule has 0 saturated heterocycles. The third kappa shape index (κ3) is 6.33. The lowest BCUT2D eigenvalue weighted by molar-refractivity contribution is -0.132. The highest BCUT2D eigenvalue weighted by Gasteiger charge is 2.37. The molecular weight excluding hydrogens is 517 g/mol. The number of carbonyl (C=O) groups excluding carboxylic acids is 2. The smallest absolute Gasteiger partial charge is 0.247 e. The van der Waals surface area contributed by atoms with Crippen molar-refractivity contribution >= 4 is 42.8 Å². The molecular formula is C26H39F3N6O2S. The van der Waals surface area contributed by atoms with Gasteiger partial charge in [0.15, 0.2) is 23.3 Å². The number of anilines is 3. The van der Waals surface area contributed by atoms with Crippen molar-refractivity contribution in [3.05, 3.63) is 40.8 Å². The number of aryl methyl sites for hydroxylation is 1. The van der Waals surface area contributed by atoms with Gasteiger partial charge >= 0.3 is 0 Å². The molecule has 0 radical (unpaired) electrons. The fourth-order valence-corrected chi connectivity index (χ4v) is 4.70. The summed E-state index contributed by atoms with van der Waals surface area (Å²) in [6.07, 6.45) is 1.07. The van der Waals surface area contributed by atoms with E-state index in [0.29, 0.717) is 36.0 Å². The maximum Gasteiger partial charge on any atom is 0.247 e. The summed E-state index contributed by atoms with van der Waals surface area (Å²) in [4.78, 5) is 37.6. The summed E-state index contributed by atoms with van der Waals surface area (Å²) >= 11 is 0. The summed E-state index contributed by atoms with van der Waals surface area (Å²) in [6.45, 7) is 5.77. The van der Waals surface area contributed by atoms with Gasteiger partial charge in [-0.1, -0.05) is 28.7 Å². The van der Waals surface area contributed by atoms with Gasteiger partial charge in [-0.25, -0.2) is 18.2 Å². The summed E-state index contributed by atoms with van der Waals surface area (Å²) in [5.74, 6) is -3.36. The van der Waals surface area contributed by atoms with Gasteiger partial charge in [-0.3, -0.25) is 9.59 Å². The van der Waals surface area contributed by atoms with E-state index in [0.717, 1.165) is 12.1 Å². The van der Waals surface area contributed by atoms with Gasteiger partial charge in [-0.15, -0.1) is 0 Å². The molecule has 0 bridgehead atoms. The Labute approximate surface area is 229 Å². The number of likely N-dealkylation sites (N-methyl/N-ethyl adjacent to an activating group) is 2. The van der Waals surface area contributed by atoms with Crippen molar-refractivity contribution in [2.75, 3.05) is 29.6 Å². The lowest BCUT2D eigenvalue weighted by Gasteiger charge is -2.42. The van der Waals surface area contributed by atoms with Crippen LogP contribution in [-0.2, 0) is 16.0 Å². The summed E-state index contributed by atoms with van der Waals surface area (Å²) in [5, 5.41) is 6.22. The predicted octanol–water partition coefficient (Wildman–Crippen LogP) is 4.64. The number of benzene rings is 1. The summed E-state index contributed by atoms with van der Waals surface area (Å²) in [5.41, 5.74) is 1.34. The maximum atomic E-state index is 13.4. The van der Waals surface area contributed by atoms with Crippen molar-refractivity contribution in [2.45, 2.75) is 73.0 Å². The fraction of sp³-hybridized carbons (Fsp3) is 0.538. The standard InChI is InChI=1S/C24H29F3N6O2.2CH4.H2S/c1-11(2)21-23(35)30-20-12(3)28-24(31-22(20)33(21)5)29-14-9-15(10-14)32(4)18(34)8-13-6-16(25)19(27)17(26)7-13;;;/h6-7,11,14-15,21H,8-10H2,1-5H3,(H,30,35)(H,28,29,31);2*1H4;1H2/t14?,15?,21-;;;/m0.../s1. The Hall–Kier alpha value is -3.02. The van der Waals surface area contributed by atoms with Crippen LogP contribution in [0.1, 0.15) is 52.8 Å². The van der Waals surface area contributed by atoms with Crippen LogP contribution in [0, 0.1) is 30.3 Å². The molecule has 12 heteroatoms. The number of aromatic nitrogens is 2. The summed E-state index contributed by atoms with van der Waals surface area (Å²) in [7, 11) is 3.49. The Bertz CT molecular complexity index is 1150. The van der Waals surface area contributed by atoms with Crippen LogP contribution in [0.25, 0.3) is 0 Å². The van der Waals surface area contributed by atoms with Crippen LogP contribution >= 0.6 is 13.5 Å². The highest BCUT2D eigenvalue weighted by Crippen LogP contribution is 2.35. The molecule has 2 aromatic rings. The molecule has 1 saturated carbocycles. The molecule has 4 rings (SSSR count). The van der Waals surface area contributed by atoms with E-state index in [1.54, 1.807) is 11.9 Å². The third-order valence-electron chi connectivity index (χ3n) is 6.76. The van der Waals surface area contributed by atoms with Crippen LogP contribution in [-0.4, -0.2) is 58.9 Å². The number of amides is 2. The van der Waals surface area contributed by atoms with Crippen LogP contribution in [0.5, 0.6) is 0 Å². The average molecular weight is 557 g/mol. The van der Waals surface area contributed by atoms with E-state index in [1.165, 1.54) is 0 Å². The number of carbonyl (C=O) groups is 2. The number of fused-ring (bicyclic) bond motifs is 1. The Morgan fingerprint density at radius 2 is 1.76 bits per heavy atom. The highest BCUT2D eigenvalue weighted by atomic mass is 32.1. The monoisotopic (exact) mass is 556 g/mol. The van der Waals surface area contributed by atoms with E-state index in [9.17, 15) is 22.8 Å². The second kappa shape index (κ2) is 12.7. The van der Waals surface area contributed by atoms with E-state index >= 15 is 0 Å². The molecule has 0 spiro atoms. The Balaban J connectivity index is 0.00000241. The van der Waals surface area contributed by atoms with E-state index in [-0.39, 0.29) is 76.2 Å². The normalized spacial score (nSPS) is 19.7. The van der Waals surface area contributed by atoms with E-state index in [2.05, 4.69) is 20.6 Å². The molecule has 38 heavy (non-hydrogen) atoms. The van der Waals surface area contributed by atoms with E-state index in [1.807, 2.05) is 32.7 Å². The first-order valence-corrected chi connectivity index (χ1v) is 11.5. The molecule has 2 N–H and O–H groups in total. The lowest BCUT2D eigenvalue weighted by atomic mass is 9.85. The van der Waals surface area contributed by atoms with Gasteiger partial charge < -0.3 is 20.4 Å². The minimum atomic E-state index is -1.55. The third-order valence-corrected chi connectivity index (χ3v) is 6.76. The molecule has 1 aliphatic carbocycles. The first-order valence-electron chi connectivity index (χ1n) is 11.5. The average Bonchev–Trinajstić information content (AvgIpc) is 2.74. The second-order valence-corrected chi connectivity index (χ2v) is 9.64. The first kappa shape index (κ1) is 33.0. The van der Waals surface area contributed by atoms with Crippen LogP contribution < -0.4 is 15.5 Å². The zero-order chi connectivity index (χ0) is 25.6. The fourth-order valence-electron chi connectivity index (χ4n) is 4.70. The maximum absolute atomic E-state index is 13.4. The zero-order valence-corrected chi connectivity index (χ0v) is 21.8. The second-order valence-electron chi connectivity index (χ2n) is 9.64. The van der Waals surface area contributed by atoms with Crippen molar-refractivity contribution in [1.82, 2.24) is 14.9 Å². The van der Waals surface area contributed by atoms with E-state index in [4.69, 9.17) is 0 Å². The molecule has 1 fully saturated rings. The molecule has 1 aliphatic heterocycles. The number of nitrogens with zero attached hydrogens (tertiary/aromatic N) is 4. The van der Waals surface area contributed by atoms with Gasteiger partial charge in [0.2, 0.25) is 17.8 Å². The molecule has 2 heterocycles. The minimum Gasteiger partial charge on any atom is -0.351 e. The van der Waals surface area contributed by atoms with E-state index < -0.39 is 17.5 Å². The number of rotatable bonds is 6. The molecule has 2 amide bonds. The zero-order valence-electron chi connectivity index (χ0n) is 20.8. The number of hydrogen-bond acceptors (Lipinski definition) is 6. The molecule has 1 aromatic carbocycles. The number of hydrogen-bond donors (Lipinski definition) is 2. The van der Waals surface area contributed by atoms with Gasteiger partial charge in [0.1, 0.15) is 11.7 Å². The van der Waals surface area contributed by atoms with Crippen LogP contribution in [0.4, 0.5) is 30.6 Å². The molecule has 8 nitrogen and oxygen atoms in total. The molecule has 2 aliphatic rings. The molecule has 0 unspecified atom stereocenters. The molecule has 212 valence electrons. The van der Waals surface area contributed by atoms with Gasteiger partial charge in [0, 0.05) is 26.2 Å². The summed E-state index contributed by atoms with van der Waals surface area (Å²) < 4.78 is 40.0. The molecule has 1 aromatic heterocycles. The van der Waals surface area contributed by atoms with Crippen LogP contribution in [0.2, 0.25) is 0 Å². The highest BCUT2D eigenvalue weighted by molar-refractivity contribution is 7.59. The molecule has 1 atom stereocenters. The van der Waals surface area contributed by atoms with Crippen molar-refractivity contribution in [1.29, 1.82) is 0 Å². The van der Waals surface area contributed by atoms with Crippen molar-refractivity contribution in [2.24, 2.45) is 5.92 Å². The topological polar surface area (TPSA) is 90.5 Å².